The third-order valence-electron chi connectivity index (χ3n) is 4.28. The van der Waals surface area contributed by atoms with Crippen LogP contribution >= 0.6 is 0 Å². The van der Waals surface area contributed by atoms with Gasteiger partial charge in [-0.1, -0.05) is 18.7 Å². The maximum atomic E-state index is 11.5. The van der Waals surface area contributed by atoms with Gasteiger partial charge in [0.15, 0.2) is 0 Å². The molecule has 7 heteroatoms. The number of hydrogen-bond acceptors (Lipinski definition) is 6. The molecule has 1 aliphatic heterocycles. The number of carbonyl (C=O) groups excluding carboxylic acids is 1. The normalized spacial score (nSPS) is 15.7. The van der Waals surface area contributed by atoms with Gasteiger partial charge in [0.1, 0.15) is 23.7 Å². The van der Waals surface area contributed by atoms with E-state index < -0.39 is 18.7 Å². The zero-order chi connectivity index (χ0) is 18.9. The van der Waals surface area contributed by atoms with Crippen LogP contribution in [0, 0.1) is 6.92 Å². The van der Waals surface area contributed by atoms with Gasteiger partial charge in [-0.2, -0.15) is 0 Å². The van der Waals surface area contributed by atoms with Gasteiger partial charge in [-0.3, -0.25) is 0 Å². The SMILES string of the molecule is C=C1OB(c2ccc(OCc3cc(C(=O)OC)oc3C)cc2)OC1(C)C. The second kappa shape index (κ2) is 6.92. The predicted molar refractivity (Wildman–Crippen MR) is 96.3 cm³/mol. The molecular formula is C19H21BO6. The minimum absolute atomic E-state index is 0.164. The molecule has 1 aromatic carbocycles. The van der Waals surface area contributed by atoms with Crippen LogP contribution in [0.25, 0.3) is 0 Å². The minimum atomic E-state index is -0.509. The van der Waals surface area contributed by atoms with Crippen LogP contribution in [0.5, 0.6) is 5.75 Å². The van der Waals surface area contributed by atoms with Crippen molar-refractivity contribution < 1.29 is 28.0 Å². The zero-order valence-corrected chi connectivity index (χ0v) is 15.3. The van der Waals surface area contributed by atoms with Crippen LogP contribution in [0.4, 0.5) is 0 Å². The standard InChI is InChI=1S/C19H21BO6/c1-12-14(10-17(24-12)18(21)22-5)11-23-16-8-6-15(7-9-16)20-25-13(2)19(3,4)26-20/h6-10H,2,11H2,1,3-5H3. The molecule has 0 saturated carbocycles. The highest BCUT2D eigenvalue weighted by Gasteiger charge is 2.42. The molecule has 0 unspecified atom stereocenters. The minimum Gasteiger partial charge on any atom is -0.534 e. The summed E-state index contributed by atoms with van der Waals surface area (Å²) in [4.78, 5) is 11.5. The lowest BCUT2D eigenvalue weighted by molar-refractivity contribution is 0.0563. The molecule has 1 aliphatic rings. The van der Waals surface area contributed by atoms with Crippen molar-refractivity contribution >= 4 is 18.6 Å². The van der Waals surface area contributed by atoms with Crippen LogP contribution in [0.2, 0.25) is 0 Å². The third-order valence-corrected chi connectivity index (χ3v) is 4.28. The van der Waals surface area contributed by atoms with Crippen LogP contribution in [-0.2, 0) is 20.7 Å². The summed E-state index contributed by atoms with van der Waals surface area (Å²) < 4.78 is 27.3. The van der Waals surface area contributed by atoms with E-state index in [0.29, 0.717) is 17.3 Å². The Labute approximate surface area is 152 Å². The van der Waals surface area contributed by atoms with Gasteiger partial charge in [0.2, 0.25) is 5.76 Å². The topological polar surface area (TPSA) is 67.1 Å². The number of aryl methyl sites for hydroxylation is 1. The van der Waals surface area contributed by atoms with Crippen molar-refractivity contribution in [1.29, 1.82) is 0 Å². The van der Waals surface area contributed by atoms with Crippen LogP contribution < -0.4 is 10.2 Å². The summed E-state index contributed by atoms with van der Waals surface area (Å²) in [5, 5.41) is 0. The van der Waals surface area contributed by atoms with Crippen molar-refractivity contribution in [3.8, 4) is 5.75 Å². The molecule has 0 N–H and O–H groups in total. The van der Waals surface area contributed by atoms with E-state index in [1.54, 1.807) is 13.0 Å². The van der Waals surface area contributed by atoms with Crippen LogP contribution in [0.15, 0.2) is 47.1 Å². The quantitative estimate of drug-likeness (QED) is 0.606. The second-order valence-electron chi connectivity index (χ2n) is 6.54. The molecule has 1 aromatic heterocycles. The average molecular weight is 356 g/mol. The largest absolute Gasteiger partial charge is 0.563 e. The van der Waals surface area contributed by atoms with Gasteiger partial charge < -0.3 is 23.2 Å². The number of ether oxygens (including phenoxy) is 2. The number of rotatable bonds is 5. The van der Waals surface area contributed by atoms with Gasteiger partial charge in [-0.25, -0.2) is 4.79 Å². The van der Waals surface area contributed by atoms with Gasteiger partial charge in [0.25, 0.3) is 0 Å². The summed E-state index contributed by atoms with van der Waals surface area (Å²) in [7, 11) is 0.844. The van der Waals surface area contributed by atoms with Gasteiger partial charge in [0, 0.05) is 5.56 Å². The fourth-order valence-electron chi connectivity index (χ4n) is 2.51. The summed E-state index contributed by atoms with van der Waals surface area (Å²) >= 11 is 0. The first-order valence-electron chi connectivity index (χ1n) is 8.24. The molecule has 26 heavy (non-hydrogen) atoms. The molecule has 0 bridgehead atoms. The Morgan fingerprint density at radius 2 is 1.96 bits per heavy atom. The van der Waals surface area contributed by atoms with Crippen molar-refractivity contribution in [2.75, 3.05) is 7.11 Å². The molecule has 0 aliphatic carbocycles. The number of hydrogen-bond donors (Lipinski definition) is 0. The number of benzene rings is 1. The molecule has 1 saturated heterocycles. The van der Waals surface area contributed by atoms with E-state index in [1.807, 2.05) is 38.1 Å². The first-order valence-corrected chi connectivity index (χ1v) is 8.24. The number of furan rings is 1. The molecule has 136 valence electrons. The van der Waals surface area contributed by atoms with Gasteiger partial charge in [0.05, 0.1) is 12.9 Å². The van der Waals surface area contributed by atoms with E-state index in [1.165, 1.54) is 7.11 Å². The summed E-state index contributed by atoms with van der Waals surface area (Å²) in [6, 6.07) is 9.08. The van der Waals surface area contributed by atoms with Gasteiger partial charge >= 0.3 is 13.1 Å². The lowest BCUT2D eigenvalue weighted by atomic mass is 9.79. The van der Waals surface area contributed by atoms with Crippen molar-refractivity contribution in [2.24, 2.45) is 0 Å². The Hall–Kier alpha value is -2.67. The van der Waals surface area contributed by atoms with E-state index in [9.17, 15) is 4.79 Å². The maximum absolute atomic E-state index is 11.5. The lowest BCUT2D eigenvalue weighted by Gasteiger charge is -2.15. The predicted octanol–water partition coefficient (Wildman–Crippen LogP) is 2.99. The fraction of sp³-hybridized carbons (Fsp3) is 0.316. The van der Waals surface area contributed by atoms with E-state index in [-0.39, 0.29) is 12.4 Å². The van der Waals surface area contributed by atoms with Crippen LogP contribution in [0.1, 0.15) is 35.7 Å². The monoisotopic (exact) mass is 356 g/mol. The highest BCUT2D eigenvalue weighted by Crippen LogP contribution is 2.29. The number of methoxy groups -OCH3 is 1. The van der Waals surface area contributed by atoms with Gasteiger partial charge in [-0.15, -0.1) is 0 Å². The Bertz CT molecular complexity index is 821. The van der Waals surface area contributed by atoms with Crippen LogP contribution in [0.3, 0.4) is 0 Å². The van der Waals surface area contributed by atoms with Crippen molar-refractivity contribution in [3.05, 3.63) is 59.8 Å². The molecule has 2 aromatic rings. The first kappa shape index (κ1) is 18.1. The number of esters is 1. The molecule has 2 heterocycles. The Balaban J connectivity index is 1.63. The summed E-state index contributed by atoms with van der Waals surface area (Å²) in [6.07, 6.45) is 0. The summed E-state index contributed by atoms with van der Waals surface area (Å²) in [6.45, 7) is 9.78. The Morgan fingerprint density at radius 3 is 2.54 bits per heavy atom. The Kier molecular flexibility index (Phi) is 4.83. The molecule has 1 fully saturated rings. The van der Waals surface area contributed by atoms with Crippen LogP contribution in [-0.4, -0.2) is 25.8 Å². The molecule has 3 rings (SSSR count). The highest BCUT2D eigenvalue weighted by molar-refractivity contribution is 6.62. The maximum Gasteiger partial charge on any atom is 0.563 e. The van der Waals surface area contributed by atoms with Crippen molar-refractivity contribution in [2.45, 2.75) is 33.0 Å². The lowest BCUT2D eigenvalue weighted by Crippen LogP contribution is -2.34. The molecule has 0 atom stereocenters. The van der Waals surface area contributed by atoms with E-state index in [2.05, 4.69) is 11.3 Å². The van der Waals surface area contributed by atoms with E-state index >= 15 is 0 Å². The van der Waals surface area contributed by atoms with E-state index in [0.717, 1.165) is 11.0 Å². The first-order chi connectivity index (χ1) is 12.3. The molecule has 6 nitrogen and oxygen atoms in total. The van der Waals surface area contributed by atoms with E-state index in [4.69, 9.17) is 18.5 Å². The summed E-state index contributed by atoms with van der Waals surface area (Å²) in [5.74, 6) is 1.57. The number of carbonyl (C=O) groups is 1. The van der Waals surface area contributed by atoms with Crippen molar-refractivity contribution in [1.82, 2.24) is 0 Å². The smallest absolute Gasteiger partial charge is 0.534 e. The fourth-order valence-corrected chi connectivity index (χ4v) is 2.51. The molecule has 0 spiro atoms. The molecule has 0 amide bonds. The third kappa shape index (κ3) is 3.62. The Morgan fingerprint density at radius 1 is 1.27 bits per heavy atom. The van der Waals surface area contributed by atoms with Gasteiger partial charge in [-0.05, 0) is 44.4 Å². The van der Waals surface area contributed by atoms with Crippen molar-refractivity contribution in [3.63, 3.8) is 0 Å². The average Bonchev–Trinajstić information content (AvgIpc) is 3.12. The molecular weight excluding hydrogens is 335 g/mol. The zero-order valence-electron chi connectivity index (χ0n) is 15.3. The second-order valence-corrected chi connectivity index (χ2v) is 6.54. The summed E-state index contributed by atoms with van der Waals surface area (Å²) in [5.41, 5.74) is 1.17. The highest BCUT2D eigenvalue weighted by atomic mass is 16.7. The molecule has 0 radical (unpaired) electrons.